The molecule has 0 unspecified atom stereocenters. The second-order valence-electron chi connectivity index (χ2n) is 8.93. The van der Waals surface area contributed by atoms with Crippen LogP contribution in [0.1, 0.15) is 44.1 Å². The molecule has 3 amide bonds. The fourth-order valence-corrected chi connectivity index (χ4v) is 5.51. The number of nitrogens with zero attached hydrogens (tertiary/aromatic N) is 3. The van der Waals surface area contributed by atoms with Crippen molar-refractivity contribution in [2.45, 2.75) is 56.3 Å². The summed E-state index contributed by atoms with van der Waals surface area (Å²) < 4.78 is 39.7. The minimum Gasteiger partial charge on any atom is -0.368 e. The number of hydrogen-bond acceptors (Lipinski definition) is 5. The monoisotopic (exact) mass is 486 g/mol. The van der Waals surface area contributed by atoms with Gasteiger partial charge in [0, 0.05) is 13.1 Å². The van der Waals surface area contributed by atoms with Gasteiger partial charge in [0.15, 0.2) is 0 Å². The first-order valence-corrected chi connectivity index (χ1v) is 11.4. The van der Waals surface area contributed by atoms with Gasteiger partial charge in [-0.15, -0.1) is 0 Å². The number of benzene rings is 1. The lowest BCUT2D eigenvalue weighted by Gasteiger charge is -2.48. The number of primary amides is 1. The molecule has 0 radical (unpaired) electrons. The summed E-state index contributed by atoms with van der Waals surface area (Å²) in [7, 11) is 0. The number of piperidine rings is 2. The second kappa shape index (κ2) is 8.88. The summed E-state index contributed by atoms with van der Waals surface area (Å²) in [5.41, 5.74) is 3.79. The molecule has 3 heterocycles. The molecule has 2 N–H and O–H groups in total. The Morgan fingerprint density at radius 3 is 2.27 bits per heavy atom. The molecule has 33 heavy (non-hydrogen) atoms. The van der Waals surface area contributed by atoms with E-state index in [1.54, 1.807) is 0 Å². The molecule has 7 nitrogen and oxygen atoms in total. The quantitative estimate of drug-likeness (QED) is 0.661. The normalized spacial score (nSPS) is 25.0. The Hall–Kier alpha value is -2.17. The molecule has 0 spiro atoms. The molecule has 3 fully saturated rings. The average Bonchev–Trinajstić information content (AvgIpc) is 3.08. The Balaban J connectivity index is 1.50. The van der Waals surface area contributed by atoms with Crippen LogP contribution < -0.4 is 10.6 Å². The van der Waals surface area contributed by atoms with E-state index >= 15 is 0 Å². The highest BCUT2D eigenvalue weighted by atomic mass is 35.5. The van der Waals surface area contributed by atoms with Gasteiger partial charge in [-0.3, -0.25) is 24.2 Å². The van der Waals surface area contributed by atoms with Crippen molar-refractivity contribution in [1.82, 2.24) is 9.80 Å². The van der Waals surface area contributed by atoms with E-state index in [1.165, 1.54) is 6.07 Å². The minimum absolute atomic E-state index is 0.129. The first-order chi connectivity index (χ1) is 15.5. The second-order valence-corrected chi connectivity index (χ2v) is 9.34. The number of nitrogens with two attached hydrogens (primary N) is 1. The zero-order valence-corrected chi connectivity index (χ0v) is 18.8. The maximum Gasteiger partial charge on any atom is 0.417 e. The van der Waals surface area contributed by atoms with Crippen molar-refractivity contribution in [3.05, 3.63) is 28.8 Å². The molecule has 1 atom stereocenters. The molecule has 0 aromatic heterocycles. The summed E-state index contributed by atoms with van der Waals surface area (Å²) in [4.78, 5) is 43.0. The number of imide groups is 1. The number of alkyl halides is 3. The van der Waals surface area contributed by atoms with Crippen LogP contribution in [0.5, 0.6) is 0 Å². The van der Waals surface area contributed by atoms with Crippen molar-refractivity contribution >= 4 is 35.0 Å². The standard InChI is InChI=1S/C22H26ClF3N4O3/c23-16-5-4-14(12-15(16)22(24,25)26)30-18(31)13-17(19(30)32)28-10-6-21(7-11-28,20(27)33)29-8-2-1-3-9-29/h4-5,12,17H,1-3,6-11,13H2,(H2,27,33)/t17-/m1/s1. The number of amides is 3. The summed E-state index contributed by atoms with van der Waals surface area (Å²) in [5, 5.41) is -0.501. The fourth-order valence-electron chi connectivity index (χ4n) is 5.29. The summed E-state index contributed by atoms with van der Waals surface area (Å²) in [6, 6.07) is 2.22. The third kappa shape index (κ3) is 4.36. The van der Waals surface area contributed by atoms with Crippen LogP contribution in [-0.2, 0) is 20.6 Å². The lowest BCUT2D eigenvalue weighted by atomic mass is 9.83. The molecule has 3 aliphatic rings. The van der Waals surface area contributed by atoms with E-state index in [-0.39, 0.29) is 18.0 Å². The molecule has 0 saturated carbocycles. The average molecular weight is 487 g/mol. The predicted octanol–water partition coefficient (Wildman–Crippen LogP) is 2.80. The minimum atomic E-state index is -4.71. The number of hydrogen-bond donors (Lipinski definition) is 1. The van der Waals surface area contributed by atoms with Gasteiger partial charge in [-0.2, -0.15) is 13.2 Å². The van der Waals surface area contributed by atoms with Gasteiger partial charge in [-0.1, -0.05) is 18.0 Å². The highest BCUT2D eigenvalue weighted by Crippen LogP contribution is 2.39. The van der Waals surface area contributed by atoms with Gasteiger partial charge in [0.2, 0.25) is 11.8 Å². The van der Waals surface area contributed by atoms with E-state index in [9.17, 15) is 27.6 Å². The van der Waals surface area contributed by atoms with Crippen LogP contribution in [-0.4, -0.2) is 65.3 Å². The van der Waals surface area contributed by atoms with E-state index < -0.39 is 40.2 Å². The van der Waals surface area contributed by atoms with E-state index in [2.05, 4.69) is 4.90 Å². The summed E-state index contributed by atoms with van der Waals surface area (Å²) >= 11 is 5.67. The van der Waals surface area contributed by atoms with E-state index in [0.717, 1.165) is 49.4 Å². The first kappa shape index (κ1) is 24.0. The Bertz CT molecular complexity index is 957. The lowest BCUT2D eigenvalue weighted by molar-refractivity contribution is -0.138. The van der Waals surface area contributed by atoms with Crippen molar-refractivity contribution in [3.8, 4) is 0 Å². The Morgan fingerprint density at radius 1 is 1.06 bits per heavy atom. The Morgan fingerprint density at radius 2 is 1.70 bits per heavy atom. The van der Waals surface area contributed by atoms with Gasteiger partial charge in [0.25, 0.3) is 5.91 Å². The highest BCUT2D eigenvalue weighted by Gasteiger charge is 2.49. The SMILES string of the molecule is NC(=O)C1(N2CCCCC2)CCN([C@@H]2CC(=O)N(c3ccc(Cl)c(C(F)(F)F)c3)C2=O)CC1. The van der Waals surface area contributed by atoms with Crippen LogP contribution in [0.3, 0.4) is 0 Å². The summed E-state index contributed by atoms with van der Waals surface area (Å²) in [5.74, 6) is -1.51. The van der Waals surface area contributed by atoms with E-state index in [1.807, 2.05) is 4.90 Å². The zero-order chi connectivity index (χ0) is 24.0. The Labute approximate surface area is 194 Å². The van der Waals surface area contributed by atoms with Gasteiger partial charge >= 0.3 is 6.18 Å². The largest absolute Gasteiger partial charge is 0.417 e. The number of carbonyl (C=O) groups is 3. The van der Waals surface area contributed by atoms with Crippen LogP contribution >= 0.6 is 11.6 Å². The number of halogens is 4. The van der Waals surface area contributed by atoms with Crippen LogP contribution in [0, 0.1) is 0 Å². The van der Waals surface area contributed by atoms with Crippen LogP contribution in [0.25, 0.3) is 0 Å². The zero-order valence-electron chi connectivity index (χ0n) is 18.0. The van der Waals surface area contributed by atoms with Gasteiger partial charge < -0.3 is 5.73 Å². The smallest absolute Gasteiger partial charge is 0.368 e. The molecule has 0 bridgehead atoms. The Kier molecular flexibility index (Phi) is 6.45. The first-order valence-electron chi connectivity index (χ1n) is 11.1. The number of carbonyl (C=O) groups excluding carboxylic acids is 3. The van der Waals surface area contributed by atoms with Crippen molar-refractivity contribution in [2.75, 3.05) is 31.1 Å². The van der Waals surface area contributed by atoms with Crippen LogP contribution in [0.4, 0.5) is 18.9 Å². The van der Waals surface area contributed by atoms with E-state index in [0.29, 0.717) is 25.9 Å². The molecule has 4 rings (SSSR count). The van der Waals surface area contributed by atoms with Crippen LogP contribution in [0.2, 0.25) is 5.02 Å². The maximum absolute atomic E-state index is 13.2. The van der Waals surface area contributed by atoms with Crippen molar-refractivity contribution in [2.24, 2.45) is 5.73 Å². The molecular weight excluding hydrogens is 461 g/mol. The molecule has 0 aliphatic carbocycles. The maximum atomic E-state index is 13.2. The molecule has 180 valence electrons. The van der Waals surface area contributed by atoms with Crippen molar-refractivity contribution in [3.63, 3.8) is 0 Å². The van der Waals surface area contributed by atoms with E-state index in [4.69, 9.17) is 17.3 Å². The third-order valence-electron chi connectivity index (χ3n) is 7.12. The van der Waals surface area contributed by atoms with Gasteiger partial charge in [-0.05, 0) is 57.0 Å². The van der Waals surface area contributed by atoms with Crippen LogP contribution in [0.15, 0.2) is 18.2 Å². The third-order valence-corrected chi connectivity index (χ3v) is 7.45. The molecule has 1 aromatic rings. The number of anilines is 1. The predicted molar refractivity (Wildman–Crippen MR) is 116 cm³/mol. The molecule has 11 heteroatoms. The summed E-state index contributed by atoms with van der Waals surface area (Å²) in [6.07, 6.45) is -0.825. The molecular formula is C22H26ClF3N4O3. The lowest BCUT2D eigenvalue weighted by Crippen LogP contribution is -2.64. The highest BCUT2D eigenvalue weighted by molar-refractivity contribution is 6.31. The fraction of sp³-hybridized carbons (Fsp3) is 0.591. The number of likely N-dealkylation sites (tertiary alicyclic amines) is 2. The topological polar surface area (TPSA) is 87.0 Å². The molecule has 3 aliphatic heterocycles. The van der Waals surface area contributed by atoms with Gasteiger partial charge in [0.05, 0.1) is 28.7 Å². The summed E-state index contributed by atoms with van der Waals surface area (Å²) in [6.45, 7) is 2.39. The molecule has 1 aromatic carbocycles. The number of rotatable bonds is 4. The van der Waals surface area contributed by atoms with Crippen molar-refractivity contribution in [1.29, 1.82) is 0 Å². The van der Waals surface area contributed by atoms with Gasteiger partial charge in [-0.25, -0.2) is 4.90 Å². The van der Waals surface area contributed by atoms with Crippen molar-refractivity contribution < 1.29 is 27.6 Å². The van der Waals surface area contributed by atoms with Gasteiger partial charge in [0.1, 0.15) is 5.54 Å². The molecule has 3 saturated heterocycles.